The van der Waals surface area contributed by atoms with Gasteiger partial charge in [0.25, 0.3) is 5.91 Å². The Kier molecular flexibility index (Phi) is 7.13. The average molecular weight is 564 g/mol. The molecule has 5 heterocycles. The summed E-state index contributed by atoms with van der Waals surface area (Å²) in [7, 11) is 1.88. The maximum Gasteiger partial charge on any atom is 0.417 e. The van der Waals surface area contributed by atoms with Gasteiger partial charge in [0.2, 0.25) is 11.7 Å². The topological polar surface area (TPSA) is 114 Å². The molecule has 0 bridgehead atoms. The van der Waals surface area contributed by atoms with Crippen LogP contribution in [-0.2, 0) is 19.1 Å². The van der Waals surface area contributed by atoms with E-state index in [-0.39, 0.29) is 41.0 Å². The van der Waals surface area contributed by atoms with Crippen LogP contribution in [0.2, 0.25) is 0 Å². The van der Waals surface area contributed by atoms with Crippen LogP contribution in [0.25, 0.3) is 22.7 Å². The Labute approximate surface area is 218 Å². The second-order valence-corrected chi connectivity index (χ2v) is 8.90. The maximum absolute atomic E-state index is 14.0. The minimum atomic E-state index is -4.54. The Hall–Kier alpha value is -4.19. The number of oxazole rings is 2. The first-order valence-electron chi connectivity index (χ1n) is 11.3. The molecular formula is C24H18F5N6O3P. The maximum atomic E-state index is 14.0. The Bertz CT molecular complexity index is 1610. The van der Waals surface area contributed by atoms with Crippen molar-refractivity contribution in [1.82, 2.24) is 29.8 Å². The molecule has 0 spiro atoms. The monoisotopic (exact) mass is 564 g/mol. The van der Waals surface area contributed by atoms with E-state index < -0.39 is 23.6 Å². The van der Waals surface area contributed by atoms with Crippen molar-refractivity contribution in [2.24, 2.45) is 0 Å². The first kappa shape index (κ1) is 26.4. The number of aromatic amines is 1. The van der Waals surface area contributed by atoms with E-state index in [1.54, 1.807) is 12.1 Å². The molecule has 9 nitrogen and oxygen atoms in total. The Morgan fingerprint density at radius 2 is 1.97 bits per heavy atom. The lowest BCUT2D eigenvalue weighted by atomic mass is 10.1. The van der Waals surface area contributed by atoms with E-state index in [0.29, 0.717) is 24.7 Å². The smallest absolute Gasteiger partial charge is 0.417 e. The summed E-state index contributed by atoms with van der Waals surface area (Å²) in [6.07, 6.45) is -0.626. The highest BCUT2D eigenvalue weighted by atomic mass is 31.0. The van der Waals surface area contributed by atoms with Crippen LogP contribution in [-0.4, -0.2) is 42.3 Å². The molecule has 0 fully saturated rings. The van der Waals surface area contributed by atoms with Crippen LogP contribution in [0.1, 0.15) is 39.1 Å². The molecule has 5 aromatic rings. The quantitative estimate of drug-likeness (QED) is 0.228. The van der Waals surface area contributed by atoms with Gasteiger partial charge < -0.3 is 18.7 Å². The van der Waals surface area contributed by atoms with Crippen molar-refractivity contribution in [2.45, 2.75) is 25.1 Å². The number of carbonyl (C=O) groups excluding carboxylic acids is 1. The predicted octanol–water partition coefficient (Wildman–Crippen LogP) is 5.49. The van der Waals surface area contributed by atoms with Crippen LogP contribution >= 0.6 is 9.24 Å². The average Bonchev–Trinajstić information content (AvgIpc) is 3.67. The molecular weight excluding hydrogens is 546 g/mol. The zero-order valence-electron chi connectivity index (χ0n) is 19.7. The summed E-state index contributed by atoms with van der Waals surface area (Å²) in [6, 6.07) is 6.50. The molecule has 4 aromatic heterocycles. The number of rotatable bonds is 3. The summed E-state index contributed by atoms with van der Waals surface area (Å²) in [5, 5.41) is 0. The van der Waals surface area contributed by atoms with Gasteiger partial charge in [-0.1, -0.05) is 15.3 Å². The minimum Gasteiger partial charge on any atom is -0.440 e. The number of halogens is 5. The van der Waals surface area contributed by atoms with Crippen LogP contribution in [0.3, 0.4) is 0 Å². The number of hydrogen-bond donors (Lipinski definition) is 1. The van der Waals surface area contributed by atoms with Crippen LogP contribution in [0.5, 0.6) is 0 Å². The number of amides is 1. The molecule has 0 saturated carbocycles. The number of benzene rings is 1. The third-order valence-electron chi connectivity index (χ3n) is 5.79. The molecule has 39 heavy (non-hydrogen) atoms. The fourth-order valence-corrected chi connectivity index (χ4v) is 4.08. The lowest BCUT2D eigenvalue weighted by Crippen LogP contribution is -2.36. The highest BCUT2D eigenvalue weighted by Gasteiger charge is 2.33. The van der Waals surface area contributed by atoms with Gasteiger partial charge in [-0.2, -0.15) is 13.2 Å². The van der Waals surface area contributed by atoms with Crippen LogP contribution in [0, 0.1) is 5.82 Å². The molecule has 6 rings (SSSR count). The lowest BCUT2D eigenvalue weighted by molar-refractivity contribution is -0.137. The molecule has 0 radical (unpaired) electrons. The second kappa shape index (κ2) is 10.5. The van der Waals surface area contributed by atoms with Gasteiger partial charge >= 0.3 is 6.18 Å². The highest BCUT2D eigenvalue weighted by molar-refractivity contribution is 7.16. The fourth-order valence-electron chi connectivity index (χ4n) is 3.85. The van der Waals surface area contributed by atoms with E-state index in [0.717, 1.165) is 23.5 Å². The Morgan fingerprint density at radius 3 is 2.67 bits per heavy atom. The van der Waals surface area contributed by atoms with Crippen molar-refractivity contribution in [3.05, 3.63) is 83.5 Å². The van der Waals surface area contributed by atoms with Gasteiger partial charge in [-0.05, 0) is 24.3 Å². The third-order valence-corrected chi connectivity index (χ3v) is 6.11. The Morgan fingerprint density at radius 1 is 1.15 bits per heavy atom. The number of nitrogens with one attached hydrogen (secondary N) is 1. The summed E-state index contributed by atoms with van der Waals surface area (Å²) in [5.41, 5.74) is 1.17. The van der Waals surface area contributed by atoms with Gasteiger partial charge in [0, 0.05) is 19.2 Å². The van der Waals surface area contributed by atoms with Crippen LogP contribution in [0.4, 0.5) is 22.0 Å². The first-order chi connectivity index (χ1) is 18.6. The number of nitrogens with zero attached hydrogens (tertiary/aromatic N) is 5. The zero-order chi connectivity index (χ0) is 27.7. The molecule has 2 atom stereocenters. The molecule has 202 valence electrons. The van der Waals surface area contributed by atoms with Gasteiger partial charge in [0.1, 0.15) is 16.9 Å². The molecule has 15 heteroatoms. The molecule has 1 amide bonds. The van der Waals surface area contributed by atoms with Crippen molar-refractivity contribution in [3.8, 4) is 11.6 Å². The van der Waals surface area contributed by atoms with E-state index in [2.05, 4.69) is 24.9 Å². The predicted molar refractivity (Wildman–Crippen MR) is 129 cm³/mol. The van der Waals surface area contributed by atoms with Gasteiger partial charge in [-0.3, -0.25) is 9.78 Å². The second-order valence-electron chi connectivity index (χ2n) is 8.31. The largest absolute Gasteiger partial charge is 0.440 e. The SMILES string of the molecule is Fc1cccc2ncoc12.O=C(c1oc(-c2ccc(C(F)(F)F)cn2)nc1C(F)P)N1CCc2nc[nH]c2C1. The molecule has 1 N–H and O–H groups in total. The minimum absolute atomic E-state index is 0.0431. The summed E-state index contributed by atoms with van der Waals surface area (Å²) in [5.74, 6) is -3.19. The first-order valence-corrected chi connectivity index (χ1v) is 12.0. The zero-order valence-corrected chi connectivity index (χ0v) is 20.9. The summed E-state index contributed by atoms with van der Waals surface area (Å²) >= 11 is 0. The molecule has 1 aliphatic heterocycles. The van der Waals surface area contributed by atoms with Gasteiger partial charge in [0.05, 0.1) is 29.8 Å². The fraction of sp³-hybridized carbons (Fsp3) is 0.208. The van der Waals surface area contributed by atoms with Gasteiger partial charge in [-0.15, -0.1) is 0 Å². The van der Waals surface area contributed by atoms with Crippen LogP contribution < -0.4 is 0 Å². The summed E-state index contributed by atoms with van der Waals surface area (Å²) in [4.78, 5) is 32.9. The van der Waals surface area contributed by atoms with E-state index in [1.807, 2.05) is 9.24 Å². The number of H-pyrrole nitrogens is 1. The third kappa shape index (κ3) is 5.51. The summed E-state index contributed by atoms with van der Waals surface area (Å²) < 4.78 is 75.0. The van der Waals surface area contributed by atoms with Crippen LogP contribution in [0.15, 0.2) is 58.1 Å². The number of para-hydroxylation sites is 1. The molecule has 0 saturated heterocycles. The van der Waals surface area contributed by atoms with Crippen molar-refractivity contribution >= 4 is 26.2 Å². The van der Waals surface area contributed by atoms with Crippen molar-refractivity contribution in [3.63, 3.8) is 0 Å². The van der Waals surface area contributed by atoms with E-state index >= 15 is 0 Å². The molecule has 1 aliphatic rings. The van der Waals surface area contributed by atoms with Crippen molar-refractivity contribution in [1.29, 1.82) is 0 Å². The van der Waals surface area contributed by atoms with Crippen molar-refractivity contribution < 1.29 is 35.6 Å². The number of fused-ring (bicyclic) bond motifs is 2. The van der Waals surface area contributed by atoms with Gasteiger partial charge in [0.15, 0.2) is 23.7 Å². The number of aromatic nitrogens is 5. The number of alkyl halides is 4. The van der Waals surface area contributed by atoms with E-state index in [4.69, 9.17) is 8.83 Å². The highest BCUT2D eigenvalue weighted by Crippen LogP contribution is 2.33. The molecule has 0 aliphatic carbocycles. The lowest BCUT2D eigenvalue weighted by Gasteiger charge is -2.25. The normalized spacial score (nSPS) is 14.1. The van der Waals surface area contributed by atoms with E-state index in [1.165, 1.54) is 23.7 Å². The standard InChI is InChI=1S/C17H14F4N5O2P.C7H4FNO/c18-14(29)12-13(16(27)26-4-3-9-11(6-26)24-7-23-9)28-15(25-12)10-2-1-8(5-22-10)17(19,20)21;8-5-2-1-3-6-7(5)10-4-9-6/h1-2,5,7,14H,3-4,6,29H2,(H,23,24);1-4H. The molecule has 2 unspecified atom stereocenters. The van der Waals surface area contributed by atoms with E-state index in [9.17, 15) is 26.7 Å². The van der Waals surface area contributed by atoms with Gasteiger partial charge in [-0.25, -0.2) is 23.7 Å². The van der Waals surface area contributed by atoms with Crippen molar-refractivity contribution in [2.75, 3.05) is 6.54 Å². The summed E-state index contributed by atoms with van der Waals surface area (Å²) in [6.45, 7) is 0.606. The number of hydrogen-bond acceptors (Lipinski definition) is 7. The number of imidazole rings is 1. The number of carbonyl (C=O) groups is 1. The Balaban J connectivity index is 0.000000257. The number of pyridine rings is 1. The molecule has 1 aromatic carbocycles.